The van der Waals surface area contributed by atoms with Gasteiger partial charge in [-0.15, -0.1) is 0 Å². The van der Waals surface area contributed by atoms with E-state index in [0.717, 1.165) is 0 Å². The molecule has 0 radical (unpaired) electrons. The summed E-state index contributed by atoms with van der Waals surface area (Å²) < 4.78 is 18.0. The molecule has 148 valence electrons. The van der Waals surface area contributed by atoms with E-state index in [1.807, 2.05) is 0 Å². The highest BCUT2D eigenvalue weighted by Gasteiger charge is 2.12. The molecule has 8 heteroatoms. The summed E-state index contributed by atoms with van der Waals surface area (Å²) in [5.41, 5.74) is 1.70. The number of aryl methyl sites for hydroxylation is 1. The number of hydrogen-bond acceptors (Lipinski definition) is 6. The molecular formula is C21H19FN4O3. The van der Waals surface area contributed by atoms with Gasteiger partial charge in [-0.05, 0) is 62.4 Å². The third-order valence-electron chi connectivity index (χ3n) is 3.84. The molecule has 0 unspecified atom stereocenters. The number of nitrogens with zero attached hydrogens (tertiary/aromatic N) is 2. The first-order valence-corrected chi connectivity index (χ1v) is 8.91. The second-order valence-electron chi connectivity index (χ2n) is 6.07. The van der Waals surface area contributed by atoms with Crippen molar-refractivity contribution in [2.75, 3.05) is 17.2 Å². The van der Waals surface area contributed by atoms with Crippen LogP contribution in [0.4, 0.5) is 21.6 Å². The predicted octanol–water partition coefficient (Wildman–Crippen LogP) is 4.10. The molecule has 0 saturated heterocycles. The van der Waals surface area contributed by atoms with Crippen molar-refractivity contribution in [3.63, 3.8) is 0 Å². The summed E-state index contributed by atoms with van der Waals surface area (Å²) >= 11 is 0. The first-order valence-electron chi connectivity index (χ1n) is 8.91. The van der Waals surface area contributed by atoms with Crippen LogP contribution in [0.15, 0.2) is 54.6 Å². The highest BCUT2D eigenvalue weighted by atomic mass is 19.1. The molecule has 3 aromatic rings. The zero-order chi connectivity index (χ0) is 20.8. The van der Waals surface area contributed by atoms with Crippen molar-refractivity contribution in [3.8, 4) is 0 Å². The Balaban J connectivity index is 1.72. The number of esters is 1. The predicted molar refractivity (Wildman–Crippen MR) is 107 cm³/mol. The van der Waals surface area contributed by atoms with Crippen LogP contribution in [0.3, 0.4) is 0 Å². The molecule has 1 aromatic heterocycles. The lowest BCUT2D eigenvalue weighted by Crippen LogP contribution is -2.15. The number of halogens is 1. The monoisotopic (exact) mass is 394 g/mol. The number of nitrogens with one attached hydrogen (secondary N) is 2. The Morgan fingerprint density at radius 1 is 1.00 bits per heavy atom. The van der Waals surface area contributed by atoms with Crippen molar-refractivity contribution in [2.45, 2.75) is 13.8 Å². The van der Waals surface area contributed by atoms with Crippen LogP contribution >= 0.6 is 0 Å². The van der Waals surface area contributed by atoms with Gasteiger partial charge in [-0.1, -0.05) is 0 Å². The van der Waals surface area contributed by atoms with Gasteiger partial charge in [-0.3, -0.25) is 4.79 Å². The molecule has 0 aliphatic rings. The minimum absolute atomic E-state index is 0.164. The molecule has 2 aromatic carbocycles. The Bertz CT molecular complexity index is 1020. The molecule has 0 fully saturated rings. The average Bonchev–Trinajstić information content (AvgIpc) is 2.70. The second kappa shape index (κ2) is 8.92. The van der Waals surface area contributed by atoms with Crippen LogP contribution in [-0.4, -0.2) is 28.5 Å². The van der Waals surface area contributed by atoms with Crippen molar-refractivity contribution >= 4 is 29.1 Å². The molecule has 7 nitrogen and oxygen atoms in total. The lowest BCUT2D eigenvalue weighted by atomic mass is 10.2. The molecule has 0 atom stereocenters. The summed E-state index contributed by atoms with van der Waals surface area (Å²) in [7, 11) is 0. The van der Waals surface area contributed by atoms with E-state index in [9.17, 15) is 14.0 Å². The summed E-state index contributed by atoms with van der Waals surface area (Å²) in [5.74, 6) is -0.384. The normalized spacial score (nSPS) is 10.3. The molecule has 0 aliphatic heterocycles. The van der Waals surface area contributed by atoms with E-state index in [1.165, 1.54) is 18.2 Å². The maximum absolute atomic E-state index is 13.0. The van der Waals surface area contributed by atoms with Crippen molar-refractivity contribution in [1.29, 1.82) is 0 Å². The summed E-state index contributed by atoms with van der Waals surface area (Å²) in [6.07, 6.45) is 0. The standard InChI is InChI=1S/C21H19FN4O3/c1-3-29-21(28)14-4-8-17(9-5-14)26-20(27)18-12-19(24-13(2)23-18)25-16-10-6-15(22)7-11-16/h4-12H,3H2,1-2H3,(H,26,27)(H,23,24,25). The second-order valence-corrected chi connectivity index (χ2v) is 6.07. The quantitative estimate of drug-likeness (QED) is 0.612. The molecule has 29 heavy (non-hydrogen) atoms. The topological polar surface area (TPSA) is 93.2 Å². The lowest BCUT2D eigenvalue weighted by Gasteiger charge is -2.10. The molecule has 0 saturated carbocycles. The molecule has 1 heterocycles. The maximum atomic E-state index is 13.0. The Morgan fingerprint density at radius 3 is 2.31 bits per heavy atom. The molecule has 0 aliphatic carbocycles. The number of carbonyl (C=O) groups is 2. The van der Waals surface area contributed by atoms with E-state index in [4.69, 9.17) is 4.74 Å². The zero-order valence-electron chi connectivity index (χ0n) is 15.9. The fourth-order valence-corrected chi connectivity index (χ4v) is 2.53. The molecule has 3 rings (SSSR count). The van der Waals surface area contributed by atoms with Crippen LogP contribution in [0.1, 0.15) is 33.6 Å². The molecular weight excluding hydrogens is 375 g/mol. The highest BCUT2D eigenvalue weighted by Crippen LogP contribution is 2.17. The van der Waals surface area contributed by atoms with Gasteiger partial charge in [0.1, 0.15) is 23.2 Å². The Labute approximate surface area is 167 Å². The van der Waals surface area contributed by atoms with Crippen molar-refractivity contribution in [2.24, 2.45) is 0 Å². The number of benzene rings is 2. The largest absolute Gasteiger partial charge is 0.462 e. The van der Waals surface area contributed by atoms with Crippen LogP contribution < -0.4 is 10.6 Å². The van der Waals surface area contributed by atoms with Crippen molar-refractivity contribution in [1.82, 2.24) is 9.97 Å². The minimum Gasteiger partial charge on any atom is -0.462 e. The van der Waals surface area contributed by atoms with Crippen LogP contribution in [0.2, 0.25) is 0 Å². The van der Waals surface area contributed by atoms with Gasteiger partial charge in [-0.2, -0.15) is 0 Å². The molecule has 0 bridgehead atoms. The number of anilines is 3. The molecule has 1 amide bonds. The van der Waals surface area contributed by atoms with Gasteiger partial charge in [0.05, 0.1) is 12.2 Å². The Hall–Kier alpha value is -3.81. The molecule has 2 N–H and O–H groups in total. The average molecular weight is 394 g/mol. The summed E-state index contributed by atoms with van der Waals surface area (Å²) in [6.45, 7) is 3.69. The minimum atomic E-state index is -0.429. The fraction of sp³-hybridized carbons (Fsp3) is 0.143. The van der Waals surface area contributed by atoms with E-state index in [0.29, 0.717) is 35.2 Å². The Morgan fingerprint density at radius 2 is 1.66 bits per heavy atom. The smallest absolute Gasteiger partial charge is 0.338 e. The van der Waals surface area contributed by atoms with E-state index in [2.05, 4.69) is 20.6 Å². The fourth-order valence-electron chi connectivity index (χ4n) is 2.53. The Kier molecular flexibility index (Phi) is 6.13. The van der Waals surface area contributed by atoms with E-state index < -0.39 is 11.9 Å². The number of hydrogen-bond donors (Lipinski definition) is 2. The third-order valence-corrected chi connectivity index (χ3v) is 3.84. The van der Waals surface area contributed by atoms with Gasteiger partial charge >= 0.3 is 5.97 Å². The van der Waals surface area contributed by atoms with Crippen molar-refractivity contribution < 1.29 is 18.7 Å². The highest BCUT2D eigenvalue weighted by molar-refractivity contribution is 6.03. The first kappa shape index (κ1) is 19.9. The third kappa shape index (κ3) is 5.35. The van der Waals surface area contributed by atoms with Gasteiger partial charge in [-0.25, -0.2) is 19.2 Å². The zero-order valence-corrected chi connectivity index (χ0v) is 15.9. The van der Waals surface area contributed by atoms with Crippen LogP contribution in [-0.2, 0) is 4.74 Å². The van der Waals surface area contributed by atoms with Crippen LogP contribution in [0.25, 0.3) is 0 Å². The first-order chi connectivity index (χ1) is 13.9. The SMILES string of the molecule is CCOC(=O)c1ccc(NC(=O)c2cc(Nc3ccc(F)cc3)nc(C)n2)cc1. The van der Waals surface area contributed by atoms with Crippen molar-refractivity contribution in [3.05, 3.63) is 77.5 Å². The maximum Gasteiger partial charge on any atom is 0.338 e. The summed E-state index contributed by atoms with van der Waals surface area (Å²) in [4.78, 5) is 32.7. The van der Waals surface area contributed by atoms with Gasteiger partial charge in [0.2, 0.25) is 0 Å². The van der Waals surface area contributed by atoms with E-state index in [1.54, 1.807) is 50.2 Å². The number of ether oxygens (including phenoxy) is 1. The molecule has 0 spiro atoms. The summed E-state index contributed by atoms with van der Waals surface area (Å²) in [6, 6.07) is 13.6. The number of amides is 1. The van der Waals surface area contributed by atoms with Gasteiger partial charge in [0, 0.05) is 17.4 Å². The summed E-state index contributed by atoms with van der Waals surface area (Å²) in [5, 5.41) is 5.74. The van der Waals surface area contributed by atoms with E-state index in [-0.39, 0.29) is 11.5 Å². The number of carbonyl (C=O) groups excluding carboxylic acids is 2. The lowest BCUT2D eigenvalue weighted by molar-refractivity contribution is 0.0526. The van der Waals surface area contributed by atoms with Crippen LogP contribution in [0.5, 0.6) is 0 Å². The van der Waals surface area contributed by atoms with Gasteiger partial charge < -0.3 is 15.4 Å². The van der Waals surface area contributed by atoms with Crippen LogP contribution in [0, 0.1) is 12.7 Å². The number of rotatable bonds is 6. The number of aromatic nitrogens is 2. The van der Waals surface area contributed by atoms with Gasteiger partial charge in [0.15, 0.2) is 0 Å². The van der Waals surface area contributed by atoms with Gasteiger partial charge in [0.25, 0.3) is 5.91 Å². The van der Waals surface area contributed by atoms with E-state index >= 15 is 0 Å².